The SMILES string of the molecule is CCCNCCn1cc(S(=O)(=O)N2CCCCC2)cn1. The molecule has 1 aliphatic heterocycles. The number of rotatable bonds is 7. The second-order valence-corrected chi connectivity index (χ2v) is 7.09. The minimum Gasteiger partial charge on any atom is -0.315 e. The molecular weight excluding hydrogens is 276 g/mol. The monoisotopic (exact) mass is 300 g/mol. The van der Waals surface area contributed by atoms with Crippen LogP contribution in [0, 0.1) is 0 Å². The van der Waals surface area contributed by atoms with E-state index >= 15 is 0 Å². The van der Waals surface area contributed by atoms with Crippen molar-refractivity contribution in [3.05, 3.63) is 12.4 Å². The highest BCUT2D eigenvalue weighted by molar-refractivity contribution is 7.89. The average molecular weight is 300 g/mol. The Kier molecular flexibility index (Phi) is 5.56. The van der Waals surface area contributed by atoms with Crippen molar-refractivity contribution in [2.45, 2.75) is 44.0 Å². The molecule has 20 heavy (non-hydrogen) atoms. The number of nitrogens with zero attached hydrogens (tertiary/aromatic N) is 3. The van der Waals surface area contributed by atoms with Crippen molar-refractivity contribution in [1.29, 1.82) is 0 Å². The second kappa shape index (κ2) is 7.19. The zero-order valence-corrected chi connectivity index (χ0v) is 12.9. The predicted molar refractivity (Wildman–Crippen MR) is 78.0 cm³/mol. The van der Waals surface area contributed by atoms with Crippen LogP contribution >= 0.6 is 0 Å². The van der Waals surface area contributed by atoms with E-state index < -0.39 is 10.0 Å². The molecule has 0 atom stereocenters. The maximum atomic E-state index is 12.4. The number of aromatic nitrogens is 2. The van der Waals surface area contributed by atoms with Crippen LogP contribution in [-0.4, -0.2) is 48.7 Å². The molecule has 1 aromatic rings. The molecule has 7 heteroatoms. The van der Waals surface area contributed by atoms with Gasteiger partial charge in [-0.25, -0.2) is 8.42 Å². The highest BCUT2D eigenvalue weighted by Gasteiger charge is 2.27. The van der Waals surface area contributed by atoms with Gasteiger partial charge in [-0.2, -0.15) is 9.40 Å². The summed E-state index contributed by atoms with van der Waals surface area (Å²) in [6, 6.07) is 0. The zero-order valence-electron chi connectivity index (χ0n) is 12.1. The molecule has 0 bridgehead atoms. The summed E-state index contributed by atoms with van der Waals surface area (Å²) in [5.41, 5.74) is 0. The van der Waals surface area contributed by atoms with Crippen molar-refractivity contribution in [3.63, 3.8) is 0 Å². The number of hydrogen-bond acceptors (Lipinski definition) is 4. The Balaban J connectivity index is 1.96. The summed E-state index contributed by atoms with van der Waals surface area (Å²) in [5, 5.41) is 7.42. The smallest absolute Gasteiger partial charge is 0.246 e. The Morgan fingerprint density at radius 2 is 2.00 bits per heavy atom. The third kappa shape index (κ3) is 3.80. The molecule has 0 spiro atoms. The predicted octanol–water partition coefficient (Wildman–Crippen LogP) is 1.06. The van der Waals surface area contributed by atoms with E-state index in [0.29, 0.717) is 24.5 Å². The Hall–Kier alpha value is -0.920. The highest BCUT2D eigenvalue weighted by Crippen LogP contribution is 2.19. The summed E-state index contributed by atoms with van der Waals surface area (Å²) in [5.74, 6) is 0. The van der Waals surface area contributed by atoms with Crippen molar-refractivity contribution in [1.82, 2.24) is 19.4 Å². The highest BCUT2D eigenvalue weighted by atomic mass is 32.2. The van der Waals surface area contributed by atoms with Gasteiger partial charge in [0.15, 0.2) is 0 Å². The number of piperidine rings is 1. The first-order valence-corrected chi connectivity index (χ1v) is 8.82. The summed E-state index contributed by atoms with van der Waals surface area (Å²) in [6.07, 6.45) is 7.21. The lowest BCUT2D eigenvalue weighted by Crippen LogP contribution is -2.35. The van der Waals surface area contributed by atoms with Gasteiger partial charge in [0.25, 0.3) is 0 Å². The molecule has 6 nitrogen and oxygen atoms in total. The van der Waals surface area contributed by atoms with E-state index in [1.165, 1.54) is 6.20 Å². The van der Waals surface area contributed by atoms with E-state index in [1.807, 2.05) is 0 Å². The number of hydrogen-bond donors (Lipinski definition) is 1. The van der Waals surface area contributed by atoms with Crippen molar-refractivity contribution < 1.29 is 8.42 Å². The van der Waals surface area contributed by atoms with Gasteiger partial charge >= 0.3 is 0 Å². The van der Waals surface area contributed by atoms with Crippen LogP contribution in [0.2, 0.25) is 0 Å². The fraction of sp³-hybridized carbons (Fsp3) is 0.769. The van der Waals surface area contributed by atoms with E-state index in [-0.39, 0.29) is 0 Å². The van der Waals surface area contributed by atoms with Crippen LogP contribution in [0.5, 0.6) is 0 Å². The van der Waals surface area contributed by atoms with Crippen molar-refractivity contribution >= 4 is 10.0 Å². The molecule has 0 saturated carbocycles. The molecule has 2 heterocycles. The van der Waals surface area contributed by atoms with Crippen LogP contribution < -0.4 is 5.32 Å². The van der Waals surface area contributed by atoms with Gasteiger partial charge in [-0.05, 0) is 25.8 Å². The van der Waals surface area contributed by atoms with Gasteiger partial charge in [0.2, 0.25) is 10.0 Å². The van der Waals surface area contributed by atoms with Crippen LogP contribution in [0.4, 0.5) is 0 Å². The molecule has 0 aromatic carbocycles. The van der Waals surface area contributed by atoms with Crippen LogP contribution in [0.15, 0.2) is 17.3 Å². The van der Waals surface area contributed by atoms with Crippen LogP contribution in [0.1, 0.15) is 32.6 Å². The minimum atomic E-state index is -3.35. The van der Waals surface area contributed by atoms with Gasteiger partial charge in [-0.15, -0.1) is 0 Å². The molecular formula is C13H24N4O2S. The summed E-state index contributed by atoms with van der Waals surface area (Å²) in [4.78, 5) is 0.315. The summed E-state index contributed by atoms with van der Waals surface area (Å²) < 4.78 is 28.1. The third-order valence-corrected chi connectivity index (χ3v) is 5.36. The summed E-state index contributed by atoms with van der Waals surface area (Å²) in [6.45, 7) is 5.84. The summed E-state index contributed by atoms with van der Waals surface area (Å²) in [7, 11) is -3.35. The second-order valence-electron chi connectivity index (χ2n) is 5.15. The first kappa shape index (κ1) is 15.5. The van der Waals surface area contributed by atoms with Gasteiger partial charge < -0.3 is 5.32 Å². The van der Waals surface area contributed by atoms with Crippen molar-refractivity contribution in [2.75, 3.05) is 26.2 Å². The van der Waals surface area contributed by atoms with Crippen molar-refractivity contribution in [3.8, 4) is 0 Å². The maximum Gasteiger partial charge on any atom is 0.246 e. The fourth-order valence-electron chi connectivity index (χ4n) is 2.35. The maximum absolute atomic E-state index is 12.4. The quantitative estimate of drug-likeness (QED) is 0.765. The molecule has 0 aliphatic carbocycles. The zero-order chi connectivity index (χ0) is 14.4. The van der Waals surface area contributed by atoms with E-state index in [1.54, 1.807) is 15.2 Å². The van der Waals surface area contributed by atoms with Gasteiger partial charge in [0, 0.05) is 25.8 Å². The molecule has 1 fully saturated rings. The van der Waals surface area contributed by atoms with E-state index in [2.05, 4.69) is 17.3 Å². The number of sulfonamides is 1. The largest absolute Gasteiger partial charge is 0.315 e. The Morgan fingerprint density at radius 3 is 2.70 bits per heavy atom. The fourth-order valence-corrected chi connectivity index (χ4v) is 3.82. The molecule has 1 N–H and O–H groups in total. The van der Waals surface area contributed by atoms with Crippen LogP contribution in [-0.2, 0) is 16.6 Å². The van der Waals surface area contributed by atoms with Gasteiger partial charge in [-0.3, -0.25) is 4.68 Å². The van der Waals surface area contributed by atoms with Gasteiger partial charge in [0.05, 0.1) is 12.7 Å². The van der Waals surface area contributed by atoms with Gasteiger partial charge in [-0.1, -0.05) is 13.3 Å². The lowest BCUT2D eigenvalue weighted by Gasteiger charge is -2.25. The summed E-state index contributed by atoms with van der Waals surface area (Å²) >= 11 is 0. The lowest BCUT2D eigenvalue weighted by molar-refractivity contribution is 0.346. The molecule has 0 amide bonds. The molecule has 0 radical (unpaired) electrons. The van der Waals surface area contributed by atoms with E-state index in [0.717, 1.165) is 38.8 Å². The topological polar surface area (TPSA) is 67.2 Å². The Morgan fingerprint density at radius 1 is 1.25 bits per heavy atom. The van der Waals surface area contributed by atoms with E-state index in [4.69, 9.17) is 0 Å². The molecule has 114 valence electrons. The first-order valence-electron chi connectivity index (χ1n) is 7.38. The standard InChI is InChI=1S/C13H24N4O2S/c1-2-6-14-7-10-16-12-13(11-15-16)20(18,19)17-8-4-3-5-9-17/h11-12,14H,2-10H2,1H3. The molecule has 1 aliphatic rings. The van der Waals surface area contributed by atoms with Crippen LogP contribution in [0.25, 0.3) is 0 Å². The molecule has 2 rings (SSSR count). The van der Waals surface area contributed by atoms with E-state index in [9.17, 15) is 8.42 Å². The lowest BCUT2D eigenvalue weighted by atomic mass is 10.2. The average Bonchev–Trinajstić information content (AvgIpc) is 2.94. The molecule has 1 aromatic heterocycles. The van der Waals surface area contributed by atoms with Crippen LogP contribution in [0.3, 0.4) is 0 Å². The normalized spacial score (nSPS) is 17.4. The van der Waals surface area contributed by atoms with Crippen molar-refractivity contribution in [2.24, 2.45) is 0 Å². The molecule has 1 saturated heterocycles. The molecule has 0 unspecified atom stereocenters. The Bertz CT molecular complexity index is 506. The Labute approximate surface area is 121 Å². The number of nitrogens with one attached hydrogen (secondary N) is 1. The third-order valence-electron chi connectivity index (χ3n) is 3.51. The van der Waals surface area contributed by atoms with Gasteiger partial charge in [0.1, 0.15) is 4.90 Å². The first-order chi connectivity index (χ1) is 9.64. The minimum absolute atomic E-state index is 0.315.